The number of aliphatic hydroxyl groups excluding tert-OH is 1. The Morgan fingerprint density at radius 2 is 2.07 bits per heavy atom. The molecule has 1 aliphatic rings. The van der Waals surface area contributed by atoms with Crippen LogP contribution < -0.4 is 0 Å². The molecule has 0 amide bonds. The number of hydrogen-bond donors (Lipinski definition) is 1. The van der Waals surface area contributed by atoms with Crippen LogP contribution in [0.25, 0.3) is 0 Å². The van der Waals surface area contributed by atoms with Gasteiger partial charge in [-0.05, 0) is 12.5 Å². The molecule has 1 N–H and O–H groups in total. The first kappa shape index (κ1) is 10.6. The summed E-state index contributed by atoms with van der Waals surface area (Å²) < 4.78 is 0. The standard InChI is InChI=1S/C12H17NO2/c1-9(14)12-8-11(13(2)15-12)10-6-4-3-5-7-10/h3-7,9,11-12,14H,8H2,1-2H3/t9-,11-,12-/m1/s1. The highest BCUT2D eigenvalue weighted by Crippen LogP contribution is 2.33. The van der Waals surface area contributed by atoms with Crippen LogP contribution in [-0.2, 0) is 4.84 Å². The van der Waals surface area contributed by atoms with Crippen molar-refractivity contribution in [1.82, 2.24) is 5.06 Å². The monoisotopic (exact) mass is 207 g/mol. The summed E-state index contributed by atoms with van der Waals surface area (Å²) in [5.41, 5.74) is 1.24. The molecule has 1 fully saturated rings. The molecule has 0 saturated carbocycles. The van der Waals surface area contributed by atoms with Gasteiger partial charge in [0, 0.05) is 13.5 Å². The van der Waals surface area contributed by atoms with Crippen molar-refractivity contribution in [2.24, 2.45) is 0 Å². The van der Waals surface area contributed by atoms with E-state index in [9.17, 15) is 5.11 Å². The third-order valence-electron chi connectivity index (χ3n) is 2.92. The minimum Gasteiger partial charge on any atom is -0.391 e. The highest BCUT2D eigenvalue weighted by molar-refractivity contribution is 5.19. The molecule has 3 heteroatoms. The molecular formula is C12H17NO2. The van der Waals surface area contributed by atoms with Gasteiger partial charge in [-0.15, -0.1) is 0 Å². The van der Waals surface area contributed by atoms with Gasteiger partial charge in [0.05, 0.1) is 12.1 Å². The van der Waals surface area contributed by atoms with Crippen molar-refractivity contribution in [1.29, 1.82) is 0 Å². The largest absolute Gasteiger partial charge is 0.391 e. The maximum Gasteiger partial charge on any atom is 0.107 e. The van der Waals surface area contributed by atoms with E-state index < -0.39 is 6.10 Å². The number of hydroxylamine groups is 2. The summed E-state index contributed by atoms with van der Waals surface area (Å²) in [5, 5.41) is 11.3. The Hall–Kier alpha value is -0.900. The first-order valence-electron chi connectivity index (χ1n) is 5.31. The lowest BCUT2D eigenvalue weighted by Gasteiger charge is -2.17. The van der Waals surface area contributed by atoms with Gasteiger partial charge in [-0.25, -0.2) is 0 Å². The fourth-order valence-corrected chi connectivity index (χ4v) is 2.00. The fourth-order valence-electron chi connectivity index (χ4n) is 2.00. The Labute approximate surface area is 90.2 Å². The van der Waals surface area contributed by atoms with Crippen LogP contribution in [0.15, 0.2) is 30.3 Å². The highest BCUT2D eigenvalue weighted by atomic mass is 16.7. The molecule has 3 nitrogen and oxygen atoms in total. The maximum absolute atomic E-state index is 9.48. The third kappa shape index (κ3) is 2.20. The quantitative estimate of drug-likeness (QED) is 0.802. The van der Waals surface area contributed by atoms with Crippen LogP contribution in [0.3, 0.4) is 0 Å². The van der Waals surface area contributed by atoms with Crippen LogP contribution >= 0.6 is 0 Å². The van der Waals surface area contributed by atoms with Crippen molar-refractivity contribution in [3.05, 3.63) is 35.9 Å². The summed E-state index contributed by atoms with van der Waals surface area (Å²) in [6, 6.07) is 10.5. The number of hydrogen-bond acceptors (Lipinski definition) is 3. The van der Waals surface area contributed by atoms with Crippen molar-refractivity contribution in [2.45, 2.75) is 31.6 Å². The predicted molar refractivity (Wildman–Crippen MR) is 58.1 cm³/mol. The van der Waals surface area contributed by atoms with Gasteiger partial charge in [-0.3, -0.25) is 4.84 Å². The molecule has 1 aliphatic heterocycles. The lowest BCUT2D eigenvalue weighted by atomic mass is 10.0. The average Bonchev–Trinajstić information content (AvgIpc) is 2.62. The molecule has 1 heterocycles. The number of rotatable bonds is 2. The maximum atomic E-state index is 9.48. The Morgan fingerprint density at radius 1 is 1.40 bits per heavy atom. The first-order valence-corrected chi connectivity index (χ1v) is 5.31. The van der Waals surface area contributed by atoms with E-state index in [0.29, 0.717) is 0 Å². The van der Waals surface area contributed by atoms with Gasteiger partial charge in [0.2, 0.25) is 0 Å². The van der Waals surface area contributed by atoms with Gasteiger partial charge >= 0.3 is 0 Å². The van der Waals surface area contributed by atoms with Gasteiger partial charge in [0.1, 0.15) is 6.10 Å². The van der Waals surface area contributed by atoms with E-state index in [1.807, 2.05) is 30.3 Å². The van der Waals surface area contributed by atoms with Crippen molar-refractivity contribution in [2.75, 3.05) is 7.05 Å². The van der Waals surface area contributed by atoms with E-state index >= 15 is 0 Å². The van der Waals surface area contributed by atoms with E-state index in [0.717, 1.165) is 6.42 Å². The van der Waals surface area contributed by atoms with E-state index in [4.69, 9.17) is 4.84 Å². The molecule has 1 aromatic carbocycles. The summed E-state index contributed by atoms with van der Waals surface area (Å²) >= 11 is 0. The zero-order valence-corrected chi connectivity index (χ0v) is 9.13. The summed E-state index contributed by atoms with van der Waals surface area (Å²) in [5.74, 6) is 0. The second-order valence-electron chi connectivity index (χ2n) is 4.09. The smallest absolute Gasteiger partial charge is 0.107 e. The molecular weight excluding hydrogens is 190 g/mol. The molecule has 0 bridgehead atoms. The SMILES string of the molecule is C[C@@H](O)[C@H]1C[C@H](c2ccccc2)N(C)O1. The normalized spacial score (nSPS) is 29.3. The van der Waals surface area contributed by atoms with Crippen LogP contribution in [0.2, 0.25) is 0 Å². The van der Waals surface area contributed by atoms with Crippen molar-refractivity contribution < 1.29 is 9.94 Å². The molecule has 0 unspecified atom stereocenters. The number of benzene rings is 1. The van der Waals surface area contributed by atoms with E-state index in [-0.39, 0.29) is 12.1 Å². The van der Waals surface area contributed by atoms with Gasteiger partial charge in [-0.1, -0.05) is 30.3 Å². The second-order valence-corrected chi connectivity index (χ2v) is 4.09. The van der Waals surface area contributed by atoms with Gasteiger partial charge < -0.3 is 5.11 Å². The fraction of sp³-hybridized carbons (Fsp3) is 0.500. The minimum absolute atomic E-state index is 0.0831. The molecule has 0 spiro atoms. The average molecular weight is 207 g/mol. The van der Waals surface area contributed by atoms with E-state index in [2.05, 4.69) is 12.1 Å². The van der Waals surface area contributed by atoms with Crippen LogP contribution in [0, 0.1) is 0 Å². The predicted octanol–water partition coefficient (Wildman–Crippen LogP) is 1.74. The van der Waals surface area contributed by atoms with Crippen molar-refractivity contribution in [3.8, 4) is 0 Å². The molecule has 1 saturated heterocycles. The van der Waals surface area contributed by atoms with Crippen LogP contribution in [0.1, 0.15) is 24.9 Å². The van der Waals surface area contributed by atoms with Gasteiger partial charge in [0.15, 0.2) is 0 Å². The minimum atomic E-state index is -0.416. The molecule has 0 aromatic heterocycles. The van der Waals surface area contributed by atoms with E-state index in [1.54, 1.807) is 6.92 Å². The summed E-state index contributed by atoms with van der Waals surface area (Å²) in [6.07, 6.45) is 0.347. The first-order chi connectivity index (χ1) is 7.18. The molecule has 82 valence electrons. The van der Waals surface area contributed by atoms with Gasteiger partial charge in [-0.2, -0.15) is 5.06 Å². The molecule has 0 aliphatic carbocycles. The Balaban J connectivity index is 2.12. The lowest BCUT2D eigenvalue weighted by Crippen LogP contribution is -2.23. The van der Waals surface area contributed by atoms with Crippen molar-refractivity contribution in [3.63, 3.8) is 0 Å². The summed E-state index contributed by atoms with van der Waals surface area (Å²) in [7, 11) is 1.92. The second kappa shape index (κ2) is 4.31. The summed E-state index contributed by atoms with van der Waals surface area (Å²) in [6.45, 7) is 1.77. The molecule has 2 rings (SSSR count). The molecule has 1 aromatic rings. The Morgan fingerprint density at radius 3 is 2.60 bits per heavy atom. The third-order valence-corrected chi connectivity index (χ3v) is 2.92. The van der Waals surface area contributed by atoms with Crippen LogP contribution in [0.4, 0.5) is 0 Å². The number of aliphatic hydroxyl groups is 1. The van der Waals surface area contributed by atoms with E-state index in [1.165, 1.54) is 5.56 Å². The zero-order valence-electron chi connectivity index (χ0n) is 9.13. The molecule has 15 heavy (non-hydrogen) atoms. The Bertz CT molecular complexity index is 313. The van der Waals surface area contributed by atoms with Crippen LogP contribution in [0.5, 0.6) is 0 Å². The van der Waals surface area contributed by atoms with Crippen molar-refractivity contribution >= 4 is 0 Å². The highest BCUT2D eigenvalue weighted by Gasteiger charge is 2.34. The molecule has 0 radical (unpaired) electrons. The van der Waals surface area contributed by atoms with Gasteiger partial charge in [0.25, 0.3) is 0 Å². The topological polar surface area (TPSA) is 32.7 Å². The Kier molecular flexibility index (Phi) is 3.05. The number of nitrogens with zero attached hydrogens (tertiary/aromatic N) is 1. The molecule has 3 atom stereocenters. The van der Waals surface area contributed by atoms with Crippen LogP contribution in [-0.4, -0.2) is 29.4 Å². The lowest BCUT2D eigenvalue weighted by molar-refractivity contribution is -0.167. The zero-order chi connectivity index (χ0) is 10.8. The summed E-state index contributed by atoms with van der Waals surface area (Å²) in [4.78, 5) is 5.57.